The Morgan fingerprint density at radius 1 is 1.04 bits per heavy atom. The number of hydrogen-bond acceptors (Lipinski definition) is 4. The van der Waals surface area contributed by atoms with E-state index in [1.165, 1.54) is 18.3 Å². The molecule has 2 aromatic rings. The molecule has 0 saturated carbocycles. The van der Waals surface area contributed by atoms with Gasteiger partial charge < -0.3 is 5.32 Å². The van der Waals surface area contributed by atoms with Crippen molar-refractivity contribution in [3.05, 3.63) is 56.2 Å². The van der Waals surface area contributed by atoms with Crippen LogP contribution in [0.5, 0.6) is 0 Å². The van der Waals surface area contributed by atoms with E-state index in [2.05, 4.69) is 32.1 Å². The van der Waals surface area contributed by atoms with Gasteiger partial charge in [-0.3, -0.25) is 25.2 Å². The minimum absolute atomic E-state index is 0.347. The molecule has 0 saturated heterocycles. The van der Waals surface area contributed by atoms with Gasteiger partial charge in [0.05, 0.1) is 8.66 Å². The fraction of sp³-hybridized carbons (Fsp3) is 0.235. The summed E-state index contributed by atoms with van der Waals surface area (Å²) in [5.74, 6) is -1.28. The lowest BCUT2D eigenvalue weighted by atomic mass is 10.1. The van der Waals surface area contributed by atoms with Crippen molar-refractivity contribution in [1.82, 2.24) is 16.2 Å². The number of hydrazine groups is 1. The maximum absolute atomic E-state index is 12.0. The number of halogens is 1. The van der Waals surface area contributed by atoms with Crippen molar-refractivity contribution in [2.45, 2.75) is 26.3 Å². The molecule has 8 heteroatoms. The fourth-order valence-corrected chi connectivity index (χ4v) is 3.25. The fourth-order valence-electron chi connectivity index (χ4n) is 1.96. The number of hydrogen-bond donors (Lipinski definition) is 3. The van der Waals surface area contributed by atoms with E-state index in [1.54, 1.807) is 24.3 Å². The van der Waals surface area contributed by atoms with Crippen molar-refractivity contribution < 1.29 is 14.4 Å². The van der Waals surface area contributed by atoms with Gasteiger partial charge in [-0.25, -0.2) is 0 Å². The summed E-state index contributed by atoms with van der Waals surface area (Å²) in [6.07, 6.45) is 0.886. The highest BCUT2D eigenvalue weighted by atomic mass is 79.9. The third kappa shape index (κ3) is 5.40. The predicted octanol–water partition coefficient (Wildman–Crippen LogP) is 2.65. The number of amides is 3. The monoisotopic (exact) mass is 423 g/mol. The number of thiophene rings is 1. The summed E-state index contributed by atoms with van der Waals surface area (Å²) >= 11 is 4.55. The van der Waals surface area contributed by atoms with E-state index < -0.39 is 17.9 Å². The second kappa shape index (κ2) is 8.77. The van der Waals surface area contributed by atoms with E-state index >= 15 is 0 Å². The SMILES string of the molecule is CCc1ccc(C(=O)NNC(=O)C(C)NC(=O)c2ccc(Br)s2)cc1. The average molecular weight is 424 g/mol. The molecule has 1 aromatic heterocycles. The zero-order chi connectivity index (χ0) is 18.4. The summed E-state index contributed by atoms with van der Waals surface area (Å²) in [4.78, 5) is 36.5. The molecule has 6 nitrogen and oxygen atoms in total. The van der Waals surface area contributed by atoms with Crippen LogP contribution in [0.1, 0.15) is 39.4 Å². The quantitative estimate of drug-likeness (QED) is 0.645. The van der Waals surface area contributed by atoms with Gasteiger partial charge in [-0.2, -0.15) is 0 Å². The molecule has 25 heavy (non-hydrogen) atoms. The minimum Gasteiger partial charge on any atom is -0.340 e. The molecule has 1 aromatic carbocycles. The van der Waals surface area contributed by atoms with Crippen LogP contribution in [-0.4, -0.2) is 23.8 Å². The molecule has 1 atom stereocenters. The van der Waals surface area contributed by atoms with Gasteiger partial charge in [0.15, 0.2) is 0 Å². The summed E-state index contributed by atoms with van der Waals surface area (Å²) in [6, 6.07) is 9.74. The maximum Gasteiger partial charge on any atom is 0.269 e. The topological polar surface area (TPSA) is 87.3 Å². The van der Waals surface area contributed by atoms with Gasteiger partial charge in [-0.15, -0.1) is 11.3 Å². The summed E-state index contributed by atoms with van der Waals surface area (Å²) in [5, 5.41) is 2.58. The van der Waals surface area contributed by atoms with Gasteiger partial charge in [0, 0.05) is 5.56 Å². The van der Waals surface area contributed by atoms with Crippen molar-refractivity contribution >= 4 is 45.0 Å². The molecule has 0 aliphatic rings. The van der Waals surface area contributed by atoms with Crippen molar-refractivity contribution in [2.24, 2.45) is 0 Å². The van der Waals surface area contributed by atoms with Crippen LogP contribution in [0.25, 0.3) is 0 Å². The molecular weight excluding hydrogens is 406 g/mol. The van der Waals surface area contributed by atoms with Gasteiger partial charge in [-0.05, 0) is 59.1 Å². The van der Waals surface area contributed by atoms with Crippen LogP contribution in [0.3, 0.4) is 0 Å². The molecular formula is C17H18BrN3O3S. The van der Waals surface area contributed by atoms with Gasteiger partial charge in [0.1, 0.15) is 6.04 Å². The number of benzene rings is 1. The number of carbonyl (C=O) groups is 3. The Morgan fingerprint density at radius 2 is 1.72 bits per heavy atom. The molecule has 0 spiro atoms. The Labute approximate surface area is 158 Å². The summed E-state index contributed by atoms with van der Waals surface area (Å²) in [5.41, 5.74) is 6.22. The van der Waals surface area contributed by atoms with Crippen molar-refractivity contribution in [1.29, 1.82) is 0 Å². The first-order chi connectivity index (χ1) is 11.9. The molecule has 1 heterocycles. The van der Waals surface area contributed by atoms with E-state index in [9.17, 15) is 14.4 Å². The third-order valence-electron chi connectivity index (χ3n) is 3.46. The predicted molar refractivity (Wildman–Crippen MR) is 100 cm³/mol. The van der Waals surface area contributed by atoms with Crippen LogP contribution in [0.4, 0.5) is 0 Å². The van der Waals surface area contributed by atoms with Crippen LogP contribution < -0.4 is 16.2 Å². The first kappa shape index (κ1) is 19.1. The Bertz CT molecular complexity index is 774. The normalized spacial score (nSPS) is 11.5. The zero-order valence-electron chi connectivity index (χ0n) is 13.8. The van der Waals surface area contributed by atoms with Gasteiger partial charge >= 0.3 is 0 Å². The smallest absolute Gasteiger partial charge is 0.269 e. The molecule has 132 valence electrons. The summed E-state index contributed by atoms with van der Waals surface area (Å²) < 4.78 is 0.830. The average Bonchev–Trinajstić information content (AvgIpc) is 3.05. The molecule has 1 unspecified atom stereocenters. The second-order valence-electron chi connectivity index (χ2n) is 5.29. The van der Waals surface area contributed by atoms with Gasteiger partial charge in [-0.1, -0.05) is 19.1 Å². The molecule has 2 rings (SSSR count). The molecule has 0 aliphatic heterocycles. The number of nitrogens with one attached hydrogen (secondary N) is 3. The third-order valence-corrected chi connectivity index (χ3v) is 5.08. The number of aryl methyl sites for hydroxylation is 1. The molecule has 0 fully saturated rings. The van der Waals surface area contributed by atoms with E-state index in [4.69, 9.17) is 0 Å². The van der Waals surface area contributed by atoms with Crippen LogP contribution in [0.15, 0.2) is 40.2 Å². The second-order valence-corrected chi connectivity index (χ2v) is 7.76. The van der Waals surface area contributed by atoms with Crippen molar-refractivity contribution in [2.75, 3.05) is 0 Å². The van der Waals surface area contributed by atoms with Crippen molar-refractivity contribution in [3.8, 4) is 0 Å². The maximum atomic E-state index is 12.0. The number of rotatable bonds is 5. The Hall–Kier alpha value is -2.19. The van der Waals surface area contributed by atoms with Crippen molar-refractivity contribution in [3.63, 3.8) is 0 Å². The highest BCUT2D eigenvalue weighted by Crippen LogP contribution is 2.21. The van der Waals surface area contributed by atoms with E-state index in [1.807, 2.05) is 19.1 Å². The largest absolute Gasteiger partial charge is 0.340 e. The Balaban J connectivity index is 1.83. The lowest BCUT2D eigenvalue weighted by molar-refractivity contribution is -0.123. The first-order valence-electron chi connectivity index (χ1n) is 7.66. The van der Waals surface area contributed by atoms with E-state index in [-0.39, 0.29) is 5.91 Å². The van der Waals surface area contributed by atoms with Crippen LogP contribution >= 0.6 is 27.3 Å². The van der Waals surface area contributed by atoms with Gasteiger partial charge in [0.25, 0.3) is 17.7 Å². The molecule has 0 bridgehead atoms. The van der Waals surface area contributed by atoms with Crippen LogP contribution in [0, 0.1) is 0 Å². The number of carbonyl (C=O) groups excluding carboxylic acids is 3. The Kier molecular flexibility index (Phi) is 6.72. The Morgan fingerprint density at radius 3 is 2.28 bits per heavy atom. The van der Waals surface area contributed by atoms with E-state index in [0.29, 0.717) is 10.4 Å². The summed E-state index contributed by atoms with van der Waals surface area (Å²) in [6.45, 7) is 3.57. The van der Waals surface area contributed by atoms with E-state index in [0.717, 1.165) is 15.8 Å². The highest BCUT2D eigenvalue weighted by molar-refractivity contribution is 9.11. The van der Waals surface area contributed by atoms with Crippen LogP contribution in [-0.2, 0) is 11.2 Å². The molecule has 3 N–H and O–H groups in total. The zero-order valence-corrected chi connectivity index (χ0v) is 16.2. The van der Waals surface area contributed by atoms with Crippen LogP contribution in [0.2, 0.25) is 0 Å². The minimum atomic E-state index is -0.795. The van der Waals surface area contributed by atoms with Gasteiger partial charge in [0.2, 0.25) is 0 Å². The lowest BCUT2D eigenvalue weighted by Gasteiger charge is -2.14. The molecule has 0 aliphatic carbocycles. The summed E-state index contributed by atoms with van der Waals surface area (Å²) in [7, 11) is 0. The lowest BCUT2D eigenvalue weighted by Crippen LogP contribution is -2.51. The first-order valence-corrected chi connectivity index (χ1v) is 9.27. The highest BCUT2D eigenvalue weighted by Gasteiger charge is 2.18. The molecule has 3 amide bonds. The molecule has 0 radical (unpaired) electrons. The standard InChI is InChI=1S/C17H18BrN3O3S/c1-3-11-4-6-12(7-5-11)16(23)21-20-15(22)10(2)19-17(24)13-8-9-14(18)25-13/h4-10H,3H2,1-2H3,(H,19,24)(H,20,22)(H,21,23).